The number of hydrogen-bond acceptors (Lipinski definition) is 3. The van der Waals surface area contributed by atoms with Crippen molar-refractivity contribution in [2.75, 3.05) is 11.5 Å². The molecule has 2 amide bonds. The second-order valence-corrected chi connectivity index (χ2v) is 6.95. The maximum Gasteiger partial charge on any atom is 0.254 e. The van der Waals surface area contributed by atoms with E-state index in [1.807, 2.05) is 30.3 Å². The van der Waals surface area contributed by atoms with Crippen LogP contribution in [0.3, 0.4) is 0 Å². The molecule has 0 bridgehead atoms. The summed E-state index contributed by atoms with van der Waals surface area (Å²) in [7, 11) is 0. The van der Waals surface area contributed by atoms with Gasteiger partial charge in [0.25, 0.3) is 5.91 Å². The van der Waals surface area contributed by atoms with E-state index in [-0.39, 0.29) is 11.8 Å². The highest BCUT2D eigenvalue weighted by Crippen LogP contribution is 2.42. The minimum Gasteiger partial charge on any atom is -0.493 e. The second-order valence-electron chi connectivity index (χ2n) is 6.55. The molecule has 1 aliphatic heterocycles. The van der Waals surface area contributed by atoms with Crippen LogP contribution in [-0.4, -0.2) is 18.4 Å². The number of rotatable bonds is 7. The van der Waals surface area contributed by atoms with E-state index in [9.17, 15) is 9.59 Å². The SMILES string of the molecule is CCCCOc1ccccc1CN1C(=O)C(NC(C)=O)c2cccc(Cl)c21. The molecule has 0 radical (unpaired) electrons. The summed E-state index contributed by atoms with van der Waals surface area (Å²) in [6.07, 6.45) is 2.02. The number of para-hydroxylation sites is 2. The van der Waals surface area contributed by atoms with Crippen molar-refractivity contribution >= 4 is 29.1 Å². The lowest BCUT2D eigenvalue weighted by Crippen LogP contribution is -2.36. The molecule has 5 nitrogen and oxygen atoms in total. The average molecular weight is 387 g/mol. The number of carbonyl (C=O) groups is 2. The number of benzene rings is 2. The molecule has 1 aliphatic rings. The lowest BCUT2D eigenvalue weighted by atomic mass is 10.1. The topological polar surface area (TPSA) is 58.6 Å². The first-order valence-corrected chi connectivity index (χ1v) is 9.48. The molecule has 1 N–H and O–H groups in total. The minimum atomic E-state index is -0.718. The van der Waals surface area contributed by atoms with Crippen molar-refractivity contribution in [3.63, 3.8) is 0 Å². The Hall–Kier alpha value is -2.53. The molecule has 1 heterocycles. The first kappa shape index (κ1) is 19.2. The zero-order chi connectivity index (χ0) is 19.4. The third-order valence-corrected chi connectivity index (χ3v) is 4.82. The van der Waals surface area contributed by atoms with Crippen LogP contribution in [0.5, 0.6) is 5.75 Å². The fourth-order valence-corrected chi connectivity index (χ4v) is 3.50. The van der Waals surface area contributed by atoms with Crippen LogP contribution in [0.15, 0.2) is 42.5 Å². The highest BCUT2D eigenvalue weighted by atomic mass is 35.5. The van der Waals surface area contributed by atoms with Gasteiger partial charge < -0.3 is 15.0 Å². The number of hydrogen-bond donors (Lipinski definition) is 1. The molecule has 0 aromatic heterocycles. The van der Waals surface area contributed by atoms with Gasteiger partial charge in [0, 0.05) is 18.1 Å². The Morgan fingerprint density at radius 1 is 1.22 bits per heavy atom. The van der Waals surface area contributed by atoms with Crippen molar-refractivity contribution in [1.82, 2.24) is 5.32 Å². The Morgan fingerprint density at radius 2 is 2.00 bits per heavy atom. The van der Waals surface area contributed by atoms with Gasteiger partial charge in [0.1, 0.15) is 11.8 Å². The second kappa shape index (κ2) is 8.44. The van der Waals surface area contributed by atoms with E-state index >= 15 is 0 Å². The van der Waals surface area contributed by atoms with Gasteiger partial charge in [0.2, 0.25) is 5.91 Å². The van der Waals surface area contributed by atoms with E-state index in [0.29, 0.717) is 29.4 Å². The molecule has 0 saturated carbocycles. The molecule has 0 saturated heterocycles. The fourth-order valence-electron chi connectivity index (χ4n) is 3.22. The highest BCUT2D eigenvalue weighted by Gasteiger charge is 2.39. The van der Waals surface area contributed by atoms with Crippen molar-refractivity contribution in [3.05, 3.63) is 58.6 Å². The predicted octanol–water partition coefficient (Wildman–Crippen LogP) is 4.24. The van der Waals surface area contributed by atoms with Crippen molar-refractivity contribution in [2.24, 2.45) is 0 Å². The number of nitrogens with zero attached hydrogens (tertiary/aromatic N) is 1. The average Bonchev–Trinajstić information content (AvgIpc) is 2.90. The van der Waals surface area contributed by atoms with Gasteiger partial charge in [-0.2, -0.15) is 0 Å². The quantitative estimate of drug-likeness (QED) is 0.724. The van der Waals surface area contributed by atoms with E-state index in [1.165, 1.54) is 6.92 Å². The third kappa shape index (κ3) is 4.08. The van der Waals surface area contributed by atoms with Gasteiger partial charge in [-0.05, 0) is 18.6 Å². The number of halogens is 1. The first-order valence-electron chi connectivity index (χ1n) is 9.10. The number of amides is 2. The molecule has 142 valence electrons. The lowest BCUT2D eigenvalue weighted by Gasteiger charge is -2.21. The smallest absolute Gasteiger partial charge is 0.254 e. The standard InChI is InChI=1S/C21H23ClN2O3/c1-3-4-12-27-18-11-6-5-8-15(18)13-24-20-16(9-7-10-17(20)22)19(21(24)26)23-14(2)25/h5-11,19H,3-4,12-13H2,1-2H3,(H,23,25). The number of fused-ring (bicyclic) bond motifs is 1. The van der Waals surface area contributed by atoms with Crippen molar-refractivity contribution in [1.29, 1.82) is 0 Å². The first-order chi connectivity index (χ1) is 13.0. The molecule has 2 aromatic rings. The Bertz CT molecular complexity index is 853. The molecule has 0 aliphatic carbocycles. The molecular weight excluding hydrogens is 364 g/mol. The van der Waals surface area contributed by atoms with E-state index in [2.05, 4.69) is 12.2 Å². The predicted molar refractivity (Wildman–Crippen MR) is 106 cm³/mol. The van der Waals surface area contributed by atoms with Crippen LogP contribution in [0.25, 0.3) is 0 Å². The summed E-state index contributed by atoms with van der Waals surface area (Å²) in [5.74, 6) is 0.302. The minimum absolute atomic E-state index is 0.198. The summed E-state index contributed by atoms with van der Waals surface area (Å²) in [4.78, 5) is 26.2. The van der Waals surface area contributed by atoms with E-state index < -0.39 is 6.04 Å². The van der Waals surface area contributed by atoms with Gasteiger partial charge in [-0.25, -0.2) is 0 Å². The van der Waals surface area contributed by atoms with Crippen LogP contribution in [0.1, 0.15) is 43.9 Å². The van der Waals surface area contributed by atoms with Crippen LogP contribution in [0.4, 0.5) is 5.69 Å². The molecule has 2 aromatic carbocycles. The Balaban J connectivity index is 1.92. The van der Waals surface area contributed by atoms with Gasteiger partial charge in [0.05, 0.1) is 23.9 Å². The zero-order valence-corrected chi connectivity index (χ0v) is 16.3. The number of carbonyl (C=O) groups excluding carboxylic acids is 2. The molecule has 3 rings (SSSR count). The lowest BCUT2D eigenvalue weighted by molar-refractivity contribution is -0.126. The normalized spacial score (nSPS) is 15.6. The number of nitrogens with one attached hydrogen (secondary N) is 1. The molecule has 6 heteroatoms. The number of ether oxygens (including phenoxy) is 1. The summed E-state index contributed by atoms with van der Waals surface area (Å²) in [6, 6.07) is 12.3. The molecule has 0 fully saturated rings. The van der Waals surface area contributed by atoms with Crippen molar-refractivity contribution in [2.45, 2.75) is 39.3 Å². The van der Waals surface area contributed by atoms with Crippen molar-refractivity contribution < 1.29 is 14.3 Å². The van der Waals surface area contributed by atoms with E-state index in [1.54, 1.807) is 17.0 Å². The summed E-state index contributed by atoms with van der Waals surface area (Å²) < 4.78 is 5.89. The highest BCUT2D eigenvalue weighted by molar-refractivity contribution is 6.34. The Labute approximate surface area is 164 Å². The Kier molecular flexibility index (Phi) is 6.01. The molecule has 1 unspecified atom stereocenters. The zero-order valence-electron chi connectivity index (χ0n) is 15.5. The summed E-state index contributed by atoms with van der Waals surface area (Å²) in [5, 5.41) is 3.21. The van der Waals surface area contributed by atoms with Gasteiger partial charge in [-0.1, -0.05) is 55.3 Å². The molecule has 0 spiro atoms. The summed E-state index contributed by atoms with van der Waals surface area (Å²) in [6.45, 7) is 4.47. The fraction of sp³-hybridized carbons (Fsp3) is 0.333. The van der Waals surface area contributed by atoms with Crippen LogP contribution >= 0.6 is 11.6 Å². The van der Waals surface area contributed by atoms with Gasteiger partial charge >= 0.3 is 0 Å². The summed E-state index contributed by atoms with van der Waals surface area (Å²) in [5.41, 5.74) is 2.26. The largest absolute Gasteiger partial charge is 0.493 e. The van der Waals surface area contributed by atoms with Crippen LogP contribution < -0.4 is 15.0 Å². The maximum absolute atomic E-state index is 13.0. The molecular formula is C21H23ClN2O3. The third-order valence-electron chi connectivity index (χ3n) is 4.52. The number of anilines is 1. The van der Waals surface area contributed by atoms with E-state index in [0.717, 1.165) is 24.2 Å². The number of unbranched alkanes of at least 4 members (excludes halogenated alkanes) is 1. The van der Waals surface area contributed by atoms with Crippen LogP contribution in [-0.2, 0) is 16.1 Å². The maximum atomic E-state index is 13.0. The summed E-state index contributed by atoms with van der Waals surface area (Å²) >= 11 is 6.40. The Morgan fingerprint density at radius 3 is 2.74 bits per heavy atom. The van der Waals surface area contributed by atoms with Gasteiger partial charge in [0.15, 0.2) is 0 Å². The van der Waals surface area contributed by atoms with Crippen LogP contribution in [0, 0.1) is 0 Å². The molecule has 1 atom stereocenters. The van der Waals surface area contributed by atoms with Gasteiger partial charge in [-0.15, -0.1) is 0 Å². The van der Waals surface area contributed by atoms with Gasteiger partial charge in [-0.3, -0.25) is 9.59 Å². The van der Waals surface area contributed by atoms with Crippen molar-refractivity contribution in [3.8, 4) is 5.75 Å². The molecule has 27 heavy (non-hydrogen) atoms. The monoisotopic (exact) mass is 386 g/mol. The van der Waals surface area contributed by atoms with E-state index in [4.69, 9.17) is 16.3 Å². The van der Waals surface area contributed by atoms with Crippen LogP contribution in [0.2, 0.25) is 5.02 Å².